The molecule has 1 fully saturated rings. The maximum atomic E-state index is 14.2. The average Bonchev–Trinajstić information content (AvgIpc) is 3.48. The normalized spacial score (nSPS) is 15.0. The minimum atomic E-state index is -1.17. The maximum Gasteiger partial charge on any atom is 0.256 e. The van der Waals surface area contributed by atoms with Crippen LogP contribution < -0.4 is 15.5 Å². The lowest BCUT2D eigenvalue weighted by Crippen LogP contribution is -2.36. The van der Waals surface area contributed by atoms with Gasteiger partial charge in [-0.1, -0.05) is 26.7 Å². The van der Waals surface area contributed by atoms with E-state index in [0.29, 0.717) is 5.92 Å². The number of nitrogens with one attached hydrogen (secondary N) is 1. The van der Waals surface area contributed by atoms with Crippen molar-refractivity contribution in [3.8, 4) is 5.75 Å². The number of pyridine rings is 1. The van der Waals surface area contributed by atoms with E-state index >= 15 is 0 Å². The fourth-order valence-electron chi connectivity index (χ4n) is 3.62. The van der Waals surface area contributed by atoms with Gasteiger partial charge < -0.3 is 14.6 Å². The smallest absolute Gasteiger partial charge is 0.256 e. The molecule has 1 N–H and O–H groups in total. The van der Waals surface area contributed by atoms with Crippen molar-refractivity contribution in [1.82, 2.24) is 9.88 Å². The van der Waals surface area contributed by atoms with Gasteiger partial charge in [-0.3, -0.25) is 9.59 Å². The fraction of sp³-hybridized carbons (Fsp3) is 0.545. The van der Waals surface area contributed by atoms with Gasteiger partial charge in [-0.25, -0.2) is 4.39 Å². The van der Waals surface area contributed by atoms with Gasteiger partial charge in [0.05, 0.1) is 18.0 Å². The van der Waals surface area contributed by atoms with Gasteiger partial charge in [0, 0.05) is 18.3 Å². The Morgan fingerprint density at radius 1 is 1.28 bits per heavy atom. The highest BCUT2D eigenvalue weighted by Crippen LogP contribution is 2.40. The summed E-state index contributed by atoms with van der Waals surface area (Å²) in [7, 11) is 1.23. The Morgan fingerprint density at radius 2 is 1.97 bits per heavy atom. The molecule has 1 atom stereocenters. The molecule has 7 heteroatoms. The van der Waals surface area contributed by atoms with Crippen LogP contribution in [0.15, 0.2) is 17.1 Å². The Hall–Kier alpha value is -2.44. The number of rotatable bonds is 8. The van der Waals surface area contributed by atoms with Gasteiger partial charge in [0.25, 0.3) is 5.91 Å². The predicted molar refractivity (Wildman–Crippen MR) is 109 cm³/mol. The molecule has 0 spiro atoms. The van der Waals surface area contributed by atoms with Crippen LogP contribution in [0.5, 0.6) is 5.75 Å². The minimum Gasteiger partial charge on any atom is -0.491 e. The Labute approximate surface area is 169 Å². The Morgan fingerprint density at radius 3 is 2.55 bits per heavy atom. The van der Waals surface area contributed by atoms with E-state index < -0.39 is 23.0 Å². The zero-order chi connectivity index (χ0) is 21.3. The number of ether oxygens (including phenoxy) is 1. The molecule has 0 saturated heterocycles. The number of aromatic nitrogens is 1. The molecule has 1 unspecified atom stereocenters. The van der Waals surface area contributed by atoms with Gasteiger partial charge in [-0.2, -0.15) is 4.39 Å². The van der Waals surface area contributed by atoms with Crippen LogP contribution in [0.25, 0.3) is 10.9 Å². The molecule has 5 nitrogen and oxygen atoms in total. The van der Waals surface area contributed by atoms with Crippen molar-refractivity contribution in [3.63, 3.8) is 0 Å². The number of halogens is 2. The number of methoxy groups -OCH3 is 1. The number of fused-ring (bicyclic) bond motifs is 1. The molecular weight excluding hydrogens is 378 g/mol. The van der Waals surface area contributed by atoms with Crippen molar-refractivity contribution >= 4 is 16.8 Å². The quantitative estimate of drug-likeness (QED) is 0.699. The van der Waals surface area contributed by atoms with Crippen molar-refractivity contribution in [2.75, 3.05) is 7.11 Å². The van der Waals surface area contributed by atoms with Crippen LogP contribution in [0.1, 0.15) is 69.3 Å². The summed E-state index contributed by atoms with van der Waals surface area (Å²) in [5.41, 5.74) is -0.491. The Kier molecular flexibility index (Phi) is 6.24. The molecule has 1 aromatic heterocycles. The molecule has 0 radical (unpaired) electrons. The van der Waals surface area contributed by atoms with Crippen LogP contribution in [0.4, 0.5) is 8.78 Å². The summed E-state index contributed by atoms with van der Waals surface area (Å²) in [4.78, 5) is 25.8. The average molecular weight is 406 g/mol. The molecule has 1 amide bonds. The third kappa shape index (κ3) is 4.43. The highest BCUT2D eigenvalue weighted by molar-refractivity contribution is 5.98. The Balaban J connectivity index is 1.99. The predicted octanol–water partition coefficient (Wildman–Crippen LogP) is 4.57. The standard InChI is InChI=1S/C22H28F2N2O3/c1-12(2)6-5-7-13(3)25-22(28)16-11-26(14-8-9-14)19-15(20(16)27)10-17(23)18(24)21(19)29-4/h10-14H,5-9H2,1-4H3,(H,25,28). The lowest BCUT2D eigenvalue weighted by atomic mass is 10.0. The molecular formula is C22H28F2N2O3. The number of amides is 1. The molecule has 1 aliphatic rings. The second-order valence-corrected chi connectivity index (χ2v) is 8.31. The number of carbonyl (C=O) groups excluding carboxylic acids is 1. The first-order valence-electron chi connectivity index (χ1n) is 10.2. The highest BCUT2D eigenvalue weighted by Gasteiger charge is 2.30. The lowest BCUT2D eigenvalue weighted by Gasteiger charge is -2.18. The molecule has 1 aliphatic carbocycles. The third-order valence-electron chi connectivity index (χ3n) is 5.35. The SMILES string of the molecule is COc1c(F)c(F)cc2c(=O)c(C(=O)NC(C)CCCC(C)C)cn(C3CC3)c12. The first-order valence-corrected chi connectivity index (χ1v) is 10.2. The largest absolute Gasteiger partial charge is 0.491 e. The maximum absolute atomic E-state index is 14.2. The molecule has 0 bridgehead atoms. The number of carbonyl (C=O) groups is 1. The van der Waals surface area contributed by atoms with Crippen molar-refractivity contribution in [2.24, 2.45) is 5.92 Å². The molecule has 158 valence electrons. The topological polar surface area (TPSA) is 60.3 Å². The van der Waals surface area contributed by atoms with E-state index in [1.165, 1.54) is 13.3 Å². The molecule has 1 saturated carbocycles. The summed E-state index contributed by atoms with van der Waals surface area (Å²) in [5.74, 6) is -2.52. The van der Waals surface area contributed by atoms with E-state index in [1.807, 2.05) is 6.92 Å². The third-order valence-corrected chi connectivity index (χ3v) is 5.35. The van der Waals surface area contributed by atoms with Crippen LogP contribution in [-0.4, -0.2) is 23.6 Å². The van der Waals surface area contributed by atoms with E-state index in [4.69, 9.17) is 4.74 Å². The summed E-state index contributed by atoms with van der Waals surface area (Å²) in [6.07, 6.45) is 5.99. The molecule has 2 aromatic rings. The van der Waals surface area contributed by atoms with Crippen LogP contribution in [0, 0.1) is 17.6 Å². The Bertz CT molecular complexity index is 980. The van der Waals surface area contributed by atoms with E-state index in [1.54, 1.807) is 4.57 Å². The monoisotopic (exact) mass is 406 g/mol. The van der Waals surface area contributed by atoms with Gasteiger partial charge in [-0.15, -0.1) is 0 Å². The van der Waals surface area contributed by atoms with Crippen LogP contribution in [-0.2, 0) is 0 Å². The molecule has 29 heavy (non-hydrogen) atoms. The number of hydrogen-bond acceptors (Lipinski definition) is 3. The van der Waals surface area contributed by atoms with Gasteiger partial charge >= 0.3 is 0 Å². The summed E-state index contributed by atoms with van der Waals surface area (Å²) >= 11 is 0. The van der Waals surface area contributed by atoms with E-state index in [2.05, 4.69) is 19.2 Å². The fourth-order valence-corrected chi connectivity index (χ4v) is 3.62. The highest BCUT2D eigenvalue weighted by atomic mass is 19.2. The van der Waals surface area contributed by atoms with Crippen molar-refractivity contribution < 1.29 is 18.3 Å². The summed E-state index contributed by atoms with van der Waals surface area (Å²) in [6.45, 7) is 6.20. The van der Waals surface area contributed by atoms with Crippen molar-refractivity contribution in [2.45, 2.75) is 65.0 Å². The first kappa shape index (κ1) is 21.3. The summed E-state index contributed by atoms with van der Waals surface area (Å²) in [6, 6.07) is 0.800. The molecule has 0 aliphatic heterocycles. The second kappa shape index (κ2) is 8.51. The second-order valence-electron chi connectivity index (χ2n) is 8.31. The van der Waals surface area contributed by atoms with Crippen LogP contribution in [0.3, 0.4) is 0 Å². The number of hydrogen-bond donors (Lipinski definition) is 1. The zero-order valence-electron chi connectivity index (χ0n) is 17.4. The van der Waals surface area contributed by atoms with Gasteiger partial charge in [-0.05, 0) is 38.2 Å². The summed E-state index contributed by atoms with van der Waals surface area (Å²) in [5, 5.41) is 2.82. The van der Waals surface area contributed by atoms with Gasteiger partial charge in [0.2, 0.25) is 11.2 Å². The molecule has 1 aromatic carbocycles. The van der Waals surface area contributed by atoms with E-state index in [-0.39, 0.29) is 34.3 Å². The van der Waals surface area contributed by atoms with Crippen molar-refractivity contribution in [1.29, 1.82) is 0 Å². The van der Waals surface area contributed by atoms with Crippen LogP contribution >= 0.6 is 0 Å². The van der Waals surface area contributed by atoms with Gasteiger partial charge in [0.1, 0.15) is 5.56 Å². The molecule has 1 heterocycles. The summed E-state index contributed by atoms with van der Waals surface area (Å²) < 4.78 is 35.1. The zero-order valence-corrected chi connectivity index (χ0v) is 17.4. The number of benzene rings is 1. The van der Waals surface area contributed by atoms with Crippen molar-refractivity contribution in [3.05, 3.63) is 39.7 Å². The van der Waals surface area contributed by atoms with Gasteiger partial charge in [0.15, 0.2) is 11.6 Å². The first-order chi connectivity index (χ1) is 13.7. The molecule has 3 rings (SSSR count). The van der Waals surface area contributed by atoms with E-state index in [9.17, 15) is 18.4 Å². The van der Waals surface area contributed by atoms with Crippen LogP contribution in [0.2, 0.25) is 0 Å². The van der Waals surface area contributed by atoms with E-state index in [0.717, 1.165) is 38.2 Å². The minimum absolute atomic E-state index is 0.0341. The number of nitrogens with zero attached hydrogens (tertiary/aromatic N) is 1. The lowest BCUT2D eigenvalue weighted by molar-refractivity contribution is 0.0936.